The van der Waals surface area contributed by atoms with Gasteiger partial charge in [-0.1, -0.05) is 0 Å². The minimum atomic E-state index is -3.34. The van der Waals surface area contributed by atoms with Crippen LogP contribution in [0.15, 0.2) is 0 Å². The molecular formula is C8H16N2O5S. The second kappa shape index (κ2) is 6.44. The molecule has 0 unspecified atom stereocenters. The van der Waals surface area contributed by atoms with Gasteiger partial charge in [-0.2, -0.15) is 0 Å². The molecule has 94 valence electrons. The number of nitrogens with zero attached hydrogens (tertiary/aromatic N) is 1. The Bertz CT molecular complexity index is 351. The first-order valence-corrected chi connectivity index (χ1v) is 6.44. The maximum atomic E-state index is 11.3. The molecule has 0 aromatic rings. The monoisotopic (exact) mass is 252 g/mol. The largest absolute Gasteiger partial charge is 0.480 e. The Kier molecular flexibility index (Phi) is 5.97. The Morgan fingerprint density at radius 3 is 2.31 bits per heavy atom. The lowest BCUT2D eigenvalue weighted by Gasteiger charge is -2.13. The van der Waals surface area contributed by atoms with E-state index in [1.807, 2.05) is 0 Å². The van der Waals surface area contributed by atoms with Crippen LogP contribution in [0.1, 0.15) is 6.42 Å². The summed E-state index contributed by atoms with van der Waals surface area (Å²) in [6, 6.07) is 0. The Hall–Kier alpha value is -1.15. The van der Waals surface area contributed by atoms with Gasteiger partial charge < -0.3 is 10.8 Å². The van der Waals surface area contributed by atoms with Gasteiger partial charge in [0.1, 0.15) is 0 Å². The maximum Gasteiger partial charge on any atom is 0.317 e. The number of carboxylic acids is 1. The molecule has 0 aliphatic carbocycles. The number of carboxylic acid groups (broad SMARTS) is 1. The van der Waals surface area contributed by atoms with Crippen molar-refractivity contribution in [3.05, 3.63) is 0 Å². The van der Waals surface area contributed by atoms with E-state index in [-0.39, 0.29) is 31.0 Å². The first-order chi connectivity index (χ1) is 7.23. The fourth-order valence-electron chi connectivity index (χ4n) is 0.963. The van der Waals surface area contributed by atoms with Gasteiger partial charge in [0.05, 0.1) is 18.1 Å². The Labute approximate surface area is 94.1 Å². The first-order valence-electron chi connectivity index (χ1n) is 4.62. The third-order valence-corrected chi connectivity index (χ3v) is 3.48. The minimum Gasteiger partial charge on any atom is -0.480 e. The van der Waals surface area contributed by atoms with Crippen LogP contribution in [0.25, 0.3) is 0 Å². The minimum absolute atomic E-state index is 0.118. The molecule has 0 saturated heterocycles. The van der Waals surface area contributed by atoms with Crippen molar-refractivity contribution in [2.75, 3.05) is 31.6 Å². The molecule has 0 fully saturated rings. The number of hydrogen-bond acceptors (Lipinski definition) is 5. The number of carbonyl (C=O) groups excluding carboxylic acids is 1. The van der Waals surface area contributed by atoms with E-state index >= 15 is 0 Å². The Balaban J connectivity index is 3.99. The zero-order valence-electron chi connectivity index (χ0n) is 9.05. The van der Waals surface area contributed by atoms with Crippen LogP contribution in [0, 0.1) is 0 Å². The summed E-state index contributed by atoms with van der Waals surface area (Å²) in [6.07, 6.45) is -0.203. The number of amides is 1. The topological polar surface area (TPSA) is 118 Å². The molecule has 0 aliphatic heterocycles. The molecule has 0 radical (unpaired) electrons. The van der Waals surface area contributed by atoms with Crippen LogP contribution in [0.5, 0.6) is 0 Å². The number of likely N-dealkylation sites (N-methyl/N-ethyl adjacent to an activating group) is 1. The summed E-state index contributed by atoms with van der Waals surface area (Å²) in [5.74, 6) is -2.15. The van der Waals surface area contributed by atoms with Gasteiger partial charge in [0.2, 0.25) is 5.91 Å². The average molecular weight is 252 g/mol. The summed E-state index contributed by atoms with van der Waals surface area (Å²) in [4.78, 5) is 22.1. The molecule has 0 heterocycles. The van der Waals surface area contributed by atoms with E-state index in [1.54, 1.807) is 0 Å². The molecule has 0 aliphatic rings. The van der Waals surface area contributed by atoms with Gasteiger partial charge in [0.15, 0.2) is 9.84 Å². The van der Waals surface area contributed by atoms with E-state index in [9.17, 15) is 18.0 Å². The van der Waals surface area contributed by atoms with E-state index < -0.39 is 21.7 Å². The normalized spacial score (nSPS) is 11.6. The number of sulfone groups is 1. The number of primary amides is 1. The number of rotatable bonds is 8. The van der Waals surface area contributed by atoms with Gasteiger partial charge >= 0.3 is 5.97 Å². The number of hydrogen-bond donors (Lipinski definition) is 2. The zero-order valence-corrected chi connectivity index (χ0v) is 9.87. The van der Waals surface area contributed by atoms with Crippen molar-refractivity contribution in [2.45, 2.75) is 6.42 Å². The van der Waals surface area contributed by atoms with Gasteiger partial charge in [-0.15, -0.1) is 0 Å². The van der Waals surface area contributed by atoms with E-state index in [0.717, 1.165) is 0 Å². The average Bonchev–Trinajstić information content (AvgIpc) is 2.11. The fourth-order valence-corrected chi connectivity index (χ4v) is 2.27. The van der Waals surface area contributed by atoms with Crippen LogP contribution < -0.4 is 5.73 Å². The molecule has 0 aromatic carbocycles. The second-order valence-electron chi connectivity index (χ2n) is 3.50. The van der Waals surface area contributed by atoms with E-state index in [1.165, 1.54) is 11.9 Å². The molecule has 0 rings (SSSR count). The lowest BCUT2D eigenvalue weighted by Crippen LogP contribution is -2.31. The molecule has 16 heavy (non-hydrogen) atoms. The van der Waals surface area contributed by atoms with Crippen LogP contribution in [0.2, 0.25) is 0 Å². The van der Waals surface area contributed by atoms with Crippen LogP contribution in [-0.2, 0) is 19.4 Å². The number of nitrogens with two attached hydrogens (primary N) is 1. The number of carbonyl (C=O) groups is 2. The lowest BCUT2D eigenvalue weighted by atomic mass is 10.5. The van der Waals surface area contributed by atoms with Crippen LogP contribution in [-0.4, -0.2) is 61.9 Å². The molecule has 8 heteroatoms. The summed E-state index contributed by atoms with van der Waals surface area (Å²) in [6.45, 7) is -0.0985. The Morgan fingerprint density at radius 1 is 1.31 bits per heavy atom. The summed E-state index contributed by atoms with van der Waals surface area (Å²) in [5, 5.41) is 8.44. The predicted octanol–water partition coefficient (Wildman–Crippen LogP) is -1.71. The van der Waals surface area contributed by atoms with E-state index in [4.69, 9.17) is 10.8 Å². The highest BCUT2D eigenvalue weighted by atomic mass is 32.2. The summed E-state index contributed by atoms with van der Waals surface area (Å²) in [5.41, 5.74) is 4.83. The predicted molar refractivity (Wildman–Crippen MR) is 57.6 cm³/mol. The molecule has 0 saturated carbocycles. The van der Waals surface area contributed by atoms with Gasteiger partial charge in [-0.25, -0.2) is 8.42 Å². The van der Waals surface area contributed by atoms with E-state index in [2.05, 4.69) is 0 Å². The van der Waals surface area contributed by atoms with Crippen molar-refractivity contribution in [1.82, 2.24) is 4.90 Å². The molecule has 3 N–H and O–H groups in total. The van der Waals surface area contributed by atoms with Crippen LogP contribution >= 0.6 is 0 Å². The molecule has 0 aromatic heterocycles. The highest BCUT2D eigenvalue weighted by molar-refractivity contribution is 7.91. The molecule has 0 bridgehead atoms. The SMILES string of the molecule is CN(CCS(=O)(=O)CCC(N)=O)CC(=O)O. The second-order valence-corrected chi connectivity index (χ2v) is 5.80. The van der Waals surface area contributed by atoms with Gasteiger partial charge in [0.25, 0.3) is 0 Å². The van der Waals surface area contributed by atoms with E-state index in [0.29, 0.717) is 0 Å². The fraction of sp³-hybridized carbons (Fsp3) is 0.750. The first kappa shape index (κ1) is 14.8. The van der Waals surface area contributed by atoms with Crippen molar-refractivity contribution in [3.63, 3.8) is 0 Å². The molecule has 7 nitrogen and oxygen atoms in total. The van der Waals surface area contributed by atoms with Gasteiger partial charge in [-0.3, -0.25) is 14.5 Å². The van der Waals surface area contributed by atoms with Crippen molar-refractivity contribution in [1.29, 1.82) is 0 Å². The summed E-state index contributed by atoms with van der Waals surface area (Å²) < 4.78 is 22.7. The third kappa shape index (κ3) is 8.18. The van der Waals surface area contributed by atoms with Crippen molar-refractivity contribution < 1.29 is 23.1 Å². The van der Waals surface area contributed by atoms with Crippen LogP contribution in [0.3, 0.4) is 0 Å². The third-order valence-electron chi connectivity index (χ3n) is 1.85. The highest BCUT2D eigenvalue weighted by Crippen LogP contribution is 1.95. The summed E-state index contributed by atoms with van der Waals surface area (Å²) in [7, 11) is -1.83. The lowest BCUT2D eigenvalue weighted by molar-refractivity contribution is -0.137. The Morgan fingerprint density at radius 2 is 1.88 bits per heavy atom. The van der Waals surface area contributed by atoms with Crippen molar-refractivity contribution in [3.8, 4) is 0 Å². The zero-order chi connectivity index (χ0) is 12.8. The van der Waals surface area contributed by atoms with Gasteiger partial charge in [-0.05, 0) is 7.05 Å². The molecule has 0 atom stereocenters. The highest BCUT2D eigenvalue weighted by Gasteiger charge is 2.14. The number of aliphatic carboxylic acids is 1. The smallest absolute Gasteiger partial charge is 0.317 e. The van der Waals surface area contributed by atoms with Crippen molar-refractivity contribution >= 4 is 21.7 Å². The molecular weight excluding hydrogens is 236 g/mol. The summed E-state index contributed by atoms with van der Waals surface area (Å²) >= 11 is 0. The maximum absolute atomic E-state index is 11.3. The quantitative estimate of drug-likeness (QED) is 0.531. The van der Waals surface area contributed by atoms with Crippen LogP contribution in [0.4, 0.5) is 0 Å². The standard InChI is InChI=1S/C8H16N2O5S/c1-10(6-8(12)13)3-5-16(14,15)4-2-7(9)11/h2-6H2,1H3,(H2,9,11)(H,12,13). The molecule has 1 amide bonds. The molecule has 0 spiro atoms. The van der Waals surface area contributed by atoms with Gasteiger partial charge in [0, 0.05) is 13.0 Å². The van der Waals surface area contributed by atoms with Crippen molar-refractivity contribution in [2.24, 2.45) is 5.73 Å².